The van der Waals surface area contributed by atoms with Crippen LogP contribution in [0, 0.1) is 0 Å². The van der Waals surface area contributed by atoms with E-state index in [1.165, 1.54) is 0 Å². The van der Waals surface area contributed by atoms with E-state index >= 15 is 0 Å². The molecule has 3 heteroatoms. The quantitative estimate of drug-likeness (QED) is 0.717. The zero-order valence-corrected chi connectivity index (χ0v) is 8.58. The van der Waals surface area contributed by atoms with Crippen molar-refractivity contribution in [2.24, 2.45) is 0 Å². The summed E-state index contributed by atoms with van der Waals surface area (Å²) < 4.78 is 0. The lowest BCUT2D eigenvalue weighted by atomic mass is 10.1. The maximum absolute atomic E-state index is 11.6. The zero-order chi connectivity index (χ0) is 10.6. The average molecular weight is 192 g/mol. The molecule has 0 fully saturated rings. The van der Waals surface area contributed by atoms with Crippen LogP contribution in [0.2, 0.25) is 0 Å². The van der Waals surface area contributed by atoms with Crippen LogP contribution in [0.25, 0.3) is 0 Å². The number of amides is 1. The van der Waals surface area contributed by atoms with Crippen LogP contribution in [0.4, 0.5) is 5.69 Å². The van der Waals surface area contributed by atoms with Gasteiger partial charge in [-0.15, -0.1) is 0 Å². The molecule has 3 N–H and O–H groups in total. The molecular weight excluding hydrogens is 176 g/mol. The van der Waals surface area contributed by atoms with Crippen LogP contribution in [0.1, 0.15) is 30.6 Å². The minimum atomic E-state index is -0.0423. The normalized spacial score (nSPS) is 12.1. The summed E-state index contributed by atoms with van der Waals surface area (Å²) in [5.41, 5.74) is 6.85. The fourth-order valence-corrected chi connectivity index (χ4v) is 1.04. The van der Waals surface area contributed by atoms with Gasteiger partial charge in [-0.2, -0.15) is 0 Å². The third kappa shape index (κ3) is 2.76. The summed E-state index contributed by atoms with van der Waals surface area (Å²) in [5, 5.41) is 2.89. The van der Waals surface area contributed by atoms with Crippen LogP contribution in [0.15, 0.2) is 24.3 Å². The molecule has 1 rings (SSSR count). The summed E-state index contributed by atoms with van der Waals surface area (Å²) in [4.78, 5) is 11.6. The molecule has 0 spiro atoms. The maximum Gasteiger partial charge on any atom is 0.251 e. The fourth-order valence-electron chi connectivity index (χ4n) is 1.04. The Labute approximate surface area is 84.3 Å². The SMILES string of the molecule is CCC(C)NC(=O)c1ccc(N)cc1. The molecule has 76 valence electrons. The van der Waals surface area contributed by atoms with Crippen molar-refractivity contribution < 1.29 is 4.79 Å². The monoisotopic (exact) mass is 192 g/mol. The number of nitrogen functional groups attached to an aromatic ring is 1. The van der Waals surface area contributed by atoms with E-state index in [4.69, 9.17) is 5.73 Å². The molecule has 1 amide bonds. The van der Waals surface area contributed by atoms with Crippen LogP contribution < -0.4 is 11.1 Å². The highest BCUT2D eigenvalue weighted by Crippen LogP contribution is 2.05. The molecule has 0 saturated carbocycles. The van der Waals surface area contributed by atoms with Crippen molar-refractivity contribution in [2.45, 2.75) is 26.3 Å². The van der Waals surface area contributed by atoms with Gasteiger partial charge >= 0.3 is 0 Å². The minimum Gasteiger partial charge on any atom is -0.399 e. The van der Waals surface area contributed by atoms with Gasteiger partial charge in [-0.1, -0.05) is 6.92 Å². The summed E-state index contributed by atoms with van der Waals surface area (Å²) in [7, 11) is 0. The number of hydrogen-bond acceptors (Lipinski definition) is 2. The molecule has 0 heterocycles. The van der Waals surface area contributed by atoms with Crippen LogP contribution in [-0.2, 0) is 0 Å². The Bertz CT molecular complexity index is 306. The van der Waals surface area contributed by atoms with Gasteiger partial charge in [-0.05, 0) is 37.6 Å². The summed E-state index contributed by atoms with van der Waals surface area (Å²) >= 11 is 0. The molecule has 1 aromatic rings. The first-order valence-electron chi connectivity index (χ1n) is 4.80. The number of nitrogens with one attached hydrogen (secondary N) is 1. The highest BCUT2D eigenvalue weighted by molar-refractivity contribution is 5.94. The number of anilines is 1. The summed E-state index contributed by atoms with van der Waals surface area (Å²) in [6, 6.07) is 7.12. The smallest absolute Gasteiger partial charge is 0.251 e. The van der Waals surface area contributed by atoms with Crippen LogP contribution in [-0.4, -0.2) is 11.9 Å². The molecule has 3 nitrogen and oxygen atoms in total. The minimum absolute atomic E-state index is 0.0423. The Kier molecular flexibility index (Phi) is 3.51. The molecule has 14 heavy (non-hydrogen) atoms. The largest absolute Gasteiger partial charge is 0.399 e. The molecule has 0 radical (unpaired) electrons. The highest BCUT2D eigenvalue weighted by atomic mass is 16.1. The maximum atomic E-state index is 11.6. The Morgan fingerprint density at radius 2 is 2.00 bits per heavy atom. The molecule has 0 aliphatic heterocycles. The second-order valence-electron chi connectivity index (χ2n) is 3.40. The van der Waals surface area contributed by atoms with Crippen LogP contribution in [0.5, 0.6) is 0 Å². The standard InChI is InChI=1S/C11H16N2O/c1-3-8(2)13-11(14)9-4-6-10(12)7-5-9/h4-8H,3,12H2,1-2H3,(H,13,14). The molecule has 0 aliphatic carbocycles. The molecule has 1 unspecified atom stereocenters. The lowest BCUT2D eigenvalue weighted by Gasteiger charge is -2.11. The second-order valence-corrected chi connectivity index (χ2v) is 3.40. The van der Waals surface area contributed by atoms with Gasteiger partial charge in [0.1, 0.15) is 0 Å². The Morgan fingerprint density at radius 1 is 1.43 bits per heavy atom. The number of carbonyl (C=O) groups excluding carboxylic acids is 1. The number of carbonyl (C=O) groups is 1. The van der Waals surface area contributed by atoms with Gasteiger partial charge in [0.15, 0.2) is 0 Å². The zero-order valence-electron chi connectivity index (χ0n) is 8.58. The number of hydrogen-bond donors (Lipinski definition) is 2. The first-order chi connectivity index (χ1) is 6.63. The Balaban J connectivity index is 2.65. The molecule has 1 atom stereocenters. The molecular formula is C11H16N2O. The lowest BCUT2D eigenvalue weighted by Crippen LogP contribution is -2.31. The molecule has 0 aromatic heterocycles. The van der Waals surface area contributed by atoms with E-state index in [0.29, 0.717) is 11.3 Å². The van der Waals surface area contributed by atoms with Gasteiger partial charge in [-0.25, -0.2) is 0 Å². The third-order valence-corrected chi connectivity index (χ3v) is 2.16. The van der Waals surface area contributed by atoms with E-state index in [2.05, 4.69) is 5.32 Å². The topological polar surface area (TPSA) is 55.1 Å². The average Bonchev–Trinajstić information content (AvgIpc) is 2.18. The van der Waals surface area contributed by atoms with Crippen molar-refractivity contribution in [3.8, 4) is 0 Å². The van der Waals surface area contributed by atoms with Gasteiger partial charge in [0.05, 0.1) is 0 Å². The molecule has 0 bridgehead atoms. The summed E-state index contributed by atoms with van der Waals surface area (Å²) in [5.74, 6) is -0.0423. The van der Waals surface area contributed by atoms with Gasteiger partial charge in [0, 0.05) is 17.3 Å². The highest BCUT2D eigenvalue weighted by Gasteiger charge is 2.07. The van der Waals surface area contributed by atoms with Gasteiger partial charge in [-0.3, -0.25) is 4.79 Å². The van der Waals surface area contributed by atoms with Crippen molar-refractivity contribution in [3.63, 3.8) is 0 Å². The first kappa shape index (κ1) is 10.6. The van der Waals surface area contributed by atoms with Crippen molar-refractivity contribution in [3.05, 3.63) is 29.8 Å². The van der Waals surface area contributed by atoms with Gasteiger partial charge in [0.25, 0.3) is 5.91 Å². The summed E-state index contributed by atoms with van der Waals surface area (Å²) in [6.07, 6.45) is 0.931. The van der Waals surface area contributed by atoms with Crippen molar-refractivity contribution >= 4 is 11.6 Å². The molecule has 0 saturated heterocycles. The Morgan fingerprint density at radius 3 is 2.50 bits per heavy atom. The van der Waals surface area contributed by atoms with E-state index in [-0.39, 0.29) is 11.9 Å². The van der Waals surface area contributed by atoms with E-state index in [1.807, 2.05) is 13.8 Å². The predicted octanol–water partition coefficient (Wildman–Crippen LogP) is 1.80. The molecule has 0 aliphatic rings. The van der Waals surface area contributed by atoms with Crippen molar-refractivity contribution in [2.75, 3.05) is 5.73 Å². The van der Waals surface area contributed by atoms with E-state index in [1.54, 1.807) is 24.3 Å². The number of nitrogens with two attached hydrogens (primary N) is 1. The van der Waals surface area contributed by atoms with Gasteiger partial charge < -0.3 is 11.1 Å². The lowest BCUT2D eigenvalue weighted by molar-refractivity contribution is 0.0939. The fraction of sp³-hybridized carbons (Fsp3) is 0.364. The van der Waals surface area contributed by atoms with E-state index in [9.17, 15) is 4.79 Å². The van der Waals surface area contributed by atoms with Crippen LogP contribution >= 0.6 is 0 Å². The van der Waals surface area contributed by atoms with Crippen molar-refractivity contribution in [1.29, 1.82) is 0 Å². The number of rotatable bonds is 3. The van der Waals surface area contributed by atoms with Gasteiger partial charge in [0.2, 0.25) is 0 Å². The van der Waals surface area contributed by atoms with E-state index in [0.717, 1.165) is 6.42 Å². The number of benzene rings is 1. The Hall–Kier alpha value is -1.51. The third-order valence-electron chi connectivity index (χ3n) is 2.16. The summed E-state index contributed by atoms with van der Waals surface area (Å²) in [6.45, 7) is 4.02. The van der Waals surface area contributed by atoms with Crippen molar-refractivity contribution in [1.82, 2.24) is 5.32 Å². The predicted molar refractivity (Wildman–Crippen MR) is 58.1 cm³/mol. The second kappa shape index (κ2) is 4.65. The first-order valence-corrected chi connectivity index (χ1v) is 4.80. The molecule has 1 aromatic carbocycles. The van der Waals surface area contributed by atoms with E-state index < -0.39 is 0 Å². The van der Waals surface area contributed by atoms with Crippen LogP contribution in [0.3, 0.4) is 0 Å².